The number of amides is 1. The number of nitro groups is 1. The molecule has 0 bridgehead atoms. The van der Waals surface area contributed by atoms with Gasteiger partial charge in [0.15, 0.2) is 0 Å². The first kappa shape index (κ1) is 43.4. The first-order chi connectivity index (χ1) is 29.8. The third-order valence-corrected chi connectivity index (χ3v) is 14.3. The lowest BCUT2D eigenvalue weighted by Gasteiger charge is -2.39. The summed E-state index contributed by atoms with van der Waals surface area (Å²) in [4.78, 5) is 34.6. The van der Waals surface area contributed by atoms with Crippen molar-refractivity contribution in [1.82, 2.24) is 14.9 Å². The van der Waals surface area contributed by atoms with Crippen LogP contribution in [0.25, 0.3) is 11.1 Å². The molecule has 4 aliphatic heterocycles. The molecular weight excluding hydrogens is 826 g/mol. The Labute approximate surface area is 368 Å². The van der Waals surface area contributed by atoms with Crippen molar-refractivity contribution in [3.05, 3.63) is 128 Å². The number of rotatable bonds is 12. The molecule has 0 radical (unpaired) electrons. The molecule has 3 N–H and O–H groups in total. The van der Waals surface area contributed by atoms with Crippen molar-refractivity contribution in [2.24, 2.45) is 16.3 Å². The van der Waals surface area contributed by atoms with E-state index in [2.05, 4.69) is 56.1 Å². The summed E-state index contributed by atoms with van der Waals surface area (Å²) in [6, 6.07) is 17.4. The van der Waals surface area contributed by atoms with Crippen LogP contribution in [-0.2, 0) is 14.8 Å². The van der Waals surface area contributed by atoms with Crippen molar-refractivity contribution in [1.29, 1.82) is 0 Å². The molecule has 2 fully saturated rings. The molecule has 5 aliphatic rings. The topological polar surface area (TPSA) is 159 Å². The van der Waals surface area contributed by atoms with Gasteiger partial charge in [-0.2, -0.15) is 0 Å². The van der Waals surface area contributed by atoms with Gasteiger partial charge in [-0.05, 0) is 126 Å². The summed E-state index contributed by atoms with van der Waals surface area (Å²) in [5.41, 5.74) is 8.51. The molecule has 326 valence electrons. The van der Waals surface area contributed by atoms with E-state index in [1.54, 1.807) is 18.5 Å². The highest BCUT2D eigenvalue weighted by Crippen LogP contribution is 2.43. The number of aliphatic imine (C=N–C) groups is 1. The number of sulfonamides is 1. The fraction of sp³-hybridized carbons (Fsp3) is 0.404. The molecule has 0 unspecified atom stereocenters. The number of allylic oxidation sites excluding steroid dienone is 4. The number of nitrogens with one attached hydrogen (secondary N) is 3. The van der Waals surface area contributed by atoms with Gasteiger partial charge in [-0.3, -0.25) is 24.8 Å². The third kappa shape index (κ3) is 9.99. The molecule has 62 heavy (non-hydrogen) atoms. The highest BCUT2D eigenvalue weighted by atomic mass is 35.5. The largest absolute Gasteiger partial charge is 0.390 e. The van der Waals surface area contributed by atoms with E-state index < -0.39 is 20.9 Å². The number of ether oxygens (including phenoxy) is 1. The smallest absolute Gasteiger partial charge is 0.293 e. The summed E-state index contributed by atoms with van der Waals surface area (Å²) < 4.78 is 35.3. The molecule has 8 rings (SSSR count). The van der Waals surface area contributed by atoms with Gasteiger partial charge in [-0.1, -0.05) is 43.2 Å². The minimum Gasteiger partial charge on any atom is -0.390 e. The first-order valence-electron chi connectivity index (χ1n) is 21.5. The minimum atomic E-state index is -4.53. The van der Waals surface area contributed by atoms with Gasteiger partial charge in [0.2, 0.25) is 0 Å². The van der Waals surface area contributed by atoms with Crippen LogP contribution in [0.3, 0.4) is 0 Å². The number of nitrogens with zero attached hydrogens (tertiary/aromatic N) is 4. The molecule has 0 atom stereocenters. The Morgan fingerprint density at radius 2 is 1.79 bits per heavy atom. The number of carbonyl (C=O) groups excluding carboxylic acids is 1. The van der Waals surface area contributed by atoms with E-state index in [-0.39, 0.29) is 33.2 Å². The zero-order valence-corrected chi connectivity index (χ0v) is 36.9. The number of nitro benzene ring substituents is 1. The van der Waals surface area contributed by atoms with E-state index in [1.807, 2.05) is 36.5 Å². The minimum absolute atomic E-state index is 0.161. The van der Waals surface area contributed by atoms with Gasteiger partial charge in [0.1, 0.15) is 5.69 Å². The normalized spacial score (nSPS) is 19.7. The van der Waals surface area contributed by atoms with E-state index in [0.717, 1.165) is 98.3 Å². The summed E-state index contributed by atoms with van der Waals surface area (Å²) >= 11 is 6.26. The van der Waals surface area contributed by atoms with Gasteiger partial charge >= 0.3 is 0 Å². The number of fused-ring (bicyclic) bond motifs is 1. The van der Waals surface area contributed by atoms with Gasteiger partial charge in [0, 0.05) is 106 Å². The van der Waals surface area contributed by atoms with Crippen molar-refractivity contribution < 1.29 is 22.9 Å². The number of carbonyl (C=O) groups is 1. The Morgan fingerprint density at radius 1 is 1.02 bits per heavy atom. The SMILES string of the molecule is CC1(C)CCC(CN2CCN(c3ccc(C(=O)NS(=O)(=O)c4ccc(NCC5CCOCC5)c([N+](=O)[O-])c4)c(C4=C5CCNC=C5C=NC=C4)c3)CC2)=C(c2ccc(Cl)cc2)C1. The van der Waals surface area contributed by atoms with Crippen molar-refractivity contribution in [2.75, 3.05) is 69.2 Å². The molecule has 0 spiro atoms. The summed E-state index contributed by atoms with van der Waals surface area (Å²) in [5, 5.41) is 19.3. The van der Waals surface area contributed by atoms with Gasteiger partial charge in [-0.15, -0.1) is 0 Å². The number of halogens is 1. The van der Waals surface area contributed by atoms with Gasteiger partial charge in [0.05, 0.1) is 9.82 Å². The molecule has 3 aromatic rings. The molecular formula is C47H54ClN7O6S. The average molecular weight is 881 g/mol. The Bertz CT molecular complexity index is 2480. The lowest BCUT2D eigenvalue weighted by atomic mass is 9.72. The van der Waals surface area contributed by atoms with Crippen LogP contribution in [-0.4, -0.2) is 89.4 Å². The van der Waals surface area contributed by atoms with Crippen LogP contribution in [0.1, 0.15) is 73.9 Å². The summed E-state index contributed by atoms with van der Waals surface area (Å²) in [6.45, 7) is 11.3. The fourth-order valence-electron chi connectivity index (χ4n) is 9.08. The standard InChI is InChI=1S/C47H54ClN7O6S/c1-47(2)16-11-34(43(27-47)33-3-5-36(48)6-4-33)31-53-19-21-54(22-20-53)37-7-9-41(42(25-37)40-13-18-50-30-35-29-49-17-12-39(35)40)46(56)52-62(59,60)38-8-10-44(45(26-38)55(57)58)51-28-32-14-23-61-24-15-32/h3-10,13,18,25-26,29-30,32,49,51H,11-12,14-17,19-24,27-28,31H2,1-2H3,(H,52,56). The highest BCUT2D eigenvalue weighted by molar-refractivity contribution is 7.90. The average Bonchev–Trinajstić information content (AvgIpc) is 3.49. The second kappa shape index (κ2) is 18.6. The second-order valence-electron chi connectivity index (χ2n) is 17.5. The maximum Gasteiger partial charge on any atom is 0.293 e. The zero-order valence-electron chi connectivity index (χ0n) is 35.3. The van der Waals surface area contributed by atoms with Crippen molar-refractivity contribution in [2.45, 2.75) is 57.3 Å². The number of piperazine rings is 1. The molecule has 0 aromatic heterocycles. The van der Waals surface area contributed by atoms with Crippen molar-refractivity contribution in [3.8, 4) is 0 Å². The van der Waals surface area contributed by atoms with E-state index >= 15 is 0 Å². The van der Waals surface area contributed by atoms with Gasteiger partial charge in [0.25, 0.3) is 21.6 Å². The van der Waals surface area contributed by atoms with Crippen molar-refractivity contribution >= 4 is 62.0 Å². The van der Waals surface area contributed by atoms with Crippen LogP contribution >= 0.6 is 11.6 Å². The quantitative estimate of drug-likeness (QED) is 0.120. The van der Waals surface area contributed by atoms with Crippen molar-refractivity contribution in [3.63, 3.8) is 0 Å². The lowest BCUT2D eigenvalue weighted by molar-refractivity contribution is -0.384. The van der Waals surface area contributed by atoms with Gasteiger partial charge < -0.3 is 20.3 Å². The van der Waals surface area contributed by atoms with E-state index in [1.165, 1.54) is 28.8 Å². The molecule has 13 nitrogen and oxygen atoms in total. The summed E-state index contributed by atoms with van der Waals surface area (Å²) in [5.74, 6) is -0.558. The van der Waals surface area contributed by atoms with E-state index in [0.29, 0.717) is 38.3 Å². The molecule has 1 aliphatic carbocycles. The molecule has 0 saturated carbocycles. The predicted octanol–water partition coefficient (Wildman–Crippen LogP) is 8.22. The molecule has 15 heteroatoms. The lowest BCUT2D eigenvalue weighted by Crippen LogP contribution is -2.47. The van der Waals surface area contributed by atoms with E-state index in [9.17, 15) is 23.3 Å². The van der Waals surface area contributed by atoms with Crippen LogP contribution in [0, 0.1) is 21.4 Å². The maximum absolute atomic E-state index is 14.2. The van der Waals surface area contributed by atoms with Crippen LogP contribution < -0.4 is 20.3 Å². The predicted molar refractivity (Wildman–Crippen MR) is 246 cm³/mol. The Kier molecular flexibility index (Phi) is 13.0. The fourth-order valence-corrected chi connectivity index (χ4v) is 10.2. The van der Waals surface area contributed by atoms with Crippen LogP contribution in [0.5, 0.6) is 0 Å². The van der Waals surface area contributed by atoms with Gasteiger partial charge in [-0.25, -0.2) is 13.1 Å². The summed E-state index contributed by atoms with van der Waals surface area (Å²) in [7, 11) is -4.53. The second-order valence-corrected chi connectivity index (χ2v) is 19.6. The number of hydrogen-bond donors (Lipinski definition) is 3. The molecule has 2 saturated heterocycles. The third-order valence-electron chi connectivity index (χ3n) is 12.7. The molecule has 4 heterocycles. The highest BCUT2D eigenvalue weighted by Gasteiger charge is 2.31. The molecule has 3 aromatic carbocycles. The van der Waals surface area contributed by atoms with Crippen LogP contribution in [0.4, 0.5) is 17.1 Å². The Balaban J connectivity index is 1.04. The van der Waals surface area contributed by atoms with Crippen LogP contribution in [0.15, 0.2) is 106 Å². The van der Waals surface area contributed by atoms with E-state index in [4.69, 9.17) is 16.3 Å². The number of benzene rings is 3. The summed E-state index contributed by atoms with van der Waals surface area (Å²) in [6.07, 6.45) is 12.8. The Morgan fingerprint density at radius 3 is 2.55 bits per heavy atom. The van der Waals surface area contributed by atoms with Crippen LogP contribution in [0.2, 0.25) is 5.02 Å². The monoisotopic (exact) mass is 879 g/mol. The number of anilines is 2. The first-order valence-corrected chi connectivity index (χ1v) is 23.3. The molecule has 1 amide bonds. The maximum atomic E-state index is 14.2. The Hall–Kier alpha value is -5.28. The zero-order chi connectivity index (χ0) is 43.4. The number of hydrogen-bond acceptors (Lipinski definition) is 11.